The minimum atomic E-state index is -1.94. The number of carbonyl (C=O) groups excluding carboxylic acids is 2. The second-order valence-corrected chi connectivity index (χ2v) is 14.4. The average Bonchev–Trinajstić information content (AvgIpc) is 2.96. The fourth-order valence-electron chi connectivity index (χ4n) is 9.15. The summed E-state index contributed by atoms with van der Waals surface area (Å²) in [6.07, 6.45) is 3.10. The van der Waals surface area contributed by atoms with E-state index in [2.05, 4.69) is 13.0 Å². The summed E-state index contributed by atoms with van der Waals surface area (Å²) in [6.45, 7) is 14.3. The van der Waals surface area contributed by atoms with Crippen LogP contribution in [-0.4, -0.2) is 66.6 Å². The highest BCUT2D eigenvalue weighted by Crippen LogP contribution is 2.74. The Kier molecular flexibility index (Phi) is 6.43. The molecule has 4 aliphatic rings. The van der Waals surface area contributed by atoms with Crippen molar-refractivity contribution in [3.8, 4) is 0 Å². The molecule has 3 saturated carbocycles. The molecule has 7 heteroatoms. The number of allylic oxidation sites excluding steroid dienone is 1. The van der Waals surface area contributed by atoms with Gasteiger partial charge < -0.3 is 25.5 Å². The van der Waals surface area contributed by atoms with Gasteiger partial charge in [0.25, 0.3) is 0 Å². The minimum absolute atomic E-state index is 0.0156. The predicted octanol–water partition coefficient (Wildman–Crippen LogP) is 2.72. The molecule has 4 aliphatic carbocycles. The molecule has 0 aromatic carbocycles. The number of hydrogen-bond acceptors (Lipinski definition) is 7. The Labute approximate surface area is 220 Å². The molecule has 4 rings (SSSR count). The Bertz CT molecular complexity index is 1050. The van der Waals surface area contributed by atoms with E-state index in [1.807, 2.05) is 27.7 Å². The van der Waals surface area contributed by atoms with Crippen molar-refractivity contribution in [2.75, 3.05) is 0 Å². The van der Waals surface area contributed by atoms with Gasteiger partial charge >= 0.3 is 0 Å². The third-order valence-corrected chi connectivity index (χ3v) is 11.4. The highest BCUT2D eigenvalue weighted by atomic mass is 16.3. The molecular formula is C30H46O7. The zero-order valence-electron chi connectivity index (χ0n) is 23.6. The number of ketones is 2. The molecule has 7 nitrogen and oxygen atoms in total. The Hall–Kier alpha value is -1.38. The maximum Gasteiger partial charge on any atom is 0.187 e. The van der Waals surface area contributed by atoms with Gasteiger partial charge in [-0.1, -0.05) is 52.3 Å². The molecule has 0 spiro atoms. The van der Waals surface area contributed by atoms with Gasteiger partial charge in [0.1, 0.15) is 11.4 Å². The molecule has 0 heterocycles. The molecule has 0 aromatic rings. The molecule has 0 aliphatic heterocycles. The second-order valence-electron chi connectivity index (χ2n) is 14.4. The zero-order chi connectivity index (χ0) is 28.1. The first kappa shape index (κ1) is 28.6. The number of carbonyl (C=O) groups is 2. The van der Waals surface area contributed by atoms with Crippen LogP contribution in [0.5, 0.6) is 0 Å². The summed E-state index contributed by atoms with van der Waals surface area (Å²) in [7, 11) is 0. The normalized spacial score (nSPS) is 47.1. The Morgan fingerprint density at radius 3 is 2.16 bits per heavy atom. The van der Waals surface area contributed by atoms with Gasteiger partial charge in [-0.2, -0.15) is 0 Å². The molecule has 10 atom stereocenters. The van der Waals surface area contributed by atoms with Crippen LogP contribution in [0.1, 0.15) is 81.1 Å². The largest absolute Gasteiger partial charge is 0.393 e. The quantitative estimate of drug-likeness (QED) is 0.285. The van der Waals surface area contributed by atoms with Crippen LogP contribution in [0, 0.1) is 39.4 Å². The SMILES string of the molecule is CC(C)(O)/C=C/C(=O)[C@](C)(O)C1[C@H](O)C[C@@]2(C)[C@@H]3CC=C4[C@@H](C[C@H](O)[C@@H](O)C4(C)C)[C@]3(C)C(=O)C[C@]12C. The highest BCUT2D eigenvalue weighted by molar-refractivity contribution is 5.97. The fourth-order valence-corrected chi connectivity index (χ4v) is 9.15. The van der Waals surface area contributed by atoms with E-state index >= 15 is 0 Å². The van der Waals surface area contributed by atoms with Crippen molar-refractivity contribution >= 4 is 11.6 Å². The van der Waals surface area contributed by atoms with Gasteiger partial charge in [-0.05, 0) is 68.8 Å². The molecule has 1 unspecified atom stereocenters. The summed E-state index contributed by atoms with van der Waals surface area (Å²) in [5.74, 6) is -1.88. The van der Waals surface area contributed by atoms with Crippen LogP contribution < -0.4 is 0 Å². The molecule has 0 bridgehead atoms. The lowest BCUT2D eigenvalue weighted by Crippen LogP contribution is -2.65. The lowest BCUT2D eigenvalue weighted by molar-refractivity contribution is -0.186. The maximum atomic E-state index is 14.2. The smallest absolute Gasteiger partial charge is 0.187 e. The van der Waals surface area contributed by atoms with Crippen molar-refractivity contribution in [3.05, 3.63) is 23.8 Å². The van der Waals surface area contributed by atoms with Crippen LogP contribution >= 0.6 is 0 Å². The maximum absolute atomic E-state index is 14.2. The summed E-state index contributed by atoms with van der Waals surface area (Å²) in [5.41, 5.74) is -5.07. The van der Waals surface area contributed by atoms with Crippen molar-refractivity contribution in [3.63, 3.8) is 0 Å². The van der Waals surface area contributed by atoms with Gasteiger partial charge in [0, 0.05) is 23.2 Å². The zero-order valence-corrected chi connectivity index (χ0v) is 23.6. The number of rotatable bonds is 4. The lowest BCUT2D eigenvalue weighted by Gasteiger charge is -2.65. The van der Waals surface area contributed by atoms with E-state index in [1.165, 1.54) is 32.9 Å². The summed E-state index contributed by atoms with van der Waals surface area (Å²) >= 11 is 0. The lowest BCUT2D eigenvalue weighted by atomic mass is 9.38. The monoisotopic (exact) mass is 518 g/mol. The topological polar surface area (TPSA) is 135 Å². The first-order valence-electron chi connectivity index (χ1n) is 13.6. The number of fused-ring (bicyclic) bond motifs is 5. The van der Waals surface area contributed by atoms with E-state index in [4.69, 9.17) is 0 Å². The molecule has 0 aromatic heterocycles. The third-order valence-electron chi connectivity index (χ3n) is 11.4. The summed E-state index contributed by atoms with van der Waals surface area (Å²) < 4.78 is 0. The summed E-state index contributed by atoms with van der Waals surface area (Å²) in [4.78, 5) is 27.4. The first-order valence-corrected chi connectivity index (χ1v) is 13.6. The van der Waals surface area contributed by atoms with Crippen LogP contribution in [0.4, 0.5) is 0 Å². The molecule has 0 saturated heterocycles. The summed E-state index contributed by atoms with van der Waals surface area (Å²) in [6, 6.07) is 0. The van der Waals surface area contributed by atoms with Crippen molar-refractivity contribution in [1.82, 2.24) is 0 Å². The molecule has 37 heavy (non-hydrogen) atoms. The van der Waals surface area contributed by atoms with Crippen LogP contribution in [0.2, 0.25) is 0 Å². The molecule has 208 valence electrons. The van der Waals surface area contributed by atoms with Gasteiger partial charge in [0.05, 0.1) is 23.9 Å². The van der Waals surface area contributed by atoms with Crippen LogP contribution in [-0.2, 0) is 9.59 Å². The predicted molar refractivity (Wildman–Crippen MR) is 139 cm³/mol. The Morgan fingerprint density at radius 1 is 1.00 bits per heavy atom. The van der Waals surface area contributed by atoms with E-state index in [9.17, 15) is 35.1 Å². The summed E-state index contributed by atoms with van der Waals surface area (Å²) in [5, 5.41) is 54.6. The Balaban J connectivity index is 1.79. The number of hydrogen-bond donors (Lipinski definition) is 5. The van der Waals surface area contributed by atoms with E-state index in [0.29, 0.717) is 19.3 Å². The van der Waals surface area contributed by atoms with Crippen LogP contribution in [0.25, 0.3) is 0 Å². The number of aliphatic hydroxyl groups is 5. The molecular weight excluding hydrogens is 472 g/mol. The van der Waals surface area contributed by atoms with Gasteiger partial charge in [-0.3, -0.25) is 9.59 Å². The molecule has 0 amide bonds. The minimum Gasteiger partial charge on any atom is -0.393 e. The molecule has 0 radical (unpaired) electrons. The average molecular weight is 519 g/mol. The first-order chi connectivity index (χ1) is 16.7. The highest BCUT2D eigenvalue weighted by Gasteiger charge is 2.74. The third kappa shape index (κ3) is 3.79. The number of aliphatic hydroxyl groups excluding tert-OH is 3. The van der Waals surface area contributed by atoms with Crippen LogP contribution in [0.3, 0.4) is 0 Å². The van der Waals surface area contributed by atoms with Gasteiger partial charge in [0.15, 0.2) is 5.78 Å². The second kappa shape index (κ2) is 8.31. The van der Waals surface area contributed by atoms with Gasteiger partial charge in [0.2, 0.25) is 0 Å². The van der Waals surface area contributed by atoms with Gasteiger partial charge in [-0.25, -0.2) is 0 Å². The van der Waals surface area contributed by atoms with E-state index in [0.717, 1.165) is 5.57 Å². The van der Waals surface area contributed by atoms with E-state index < -0.39 is 62.9 Å². The van der Waals surface area contributed by atoms with Crippen molar-refractivity contribution < 1.29 is 35.1 Å². The van der Waals surface area contributed by atoms with Crippen molar-refractivity contribution in [2.24, 2.45) is 39.4 Å². The fraction of sp³-hybridized carbons (Fsp3) is 0.800. The molecule has 5 N–H and O–H groups in total. The van der Waals surface area contributed by atoms with E-state index in [1.54, 1.807) is 0 Å². The van der Waals surface area contributed by atoms with Crippen molar-refractivity contribution in [1.29, 1.82) is 0 Å². The Morgan fingerprint density at radius 2 is 1.59 bits per heavy atom. The van der Waals surface area contributed by atoms with Crippen molar-refractivity contribution in [2.45, 2.75) is 111 Å². The van der Waals surface area contributed by atoms with Gasteiger partial charge in [-0.15, -0.1) is 0 Å². The van der Waals surface area contributed by atoms with E-state index in [-0.39, 0.29) is 24.0 Å². The van der Waals surface area contributed by atoms with Crippen LogP contribution in [0.15, 0.2) is 23.8 Å². The number of Topliss-reactive ketones (excluding diaryl/α,β-unsaturated/α-hetero) is 1. The standard InChI is InChI=1S/C30H46O7/c1-25(2,36)12-11-21(33)30(8,37)23-19(32)14-27(5)20-10-9-16-17(13-18(31)24(35)26(16,3)4)29(20,7)22(34)15-28(23,27)6/h9,11-12,17-20,23-24,31-32,35-37H,10,13-15H2,1-8H3/b12-11+/t17-,18+,19-,20+,23?,24-,27+,28-,29+,30+/m1/s1. The molecule has 3 fully saturated rings.